The lowest BCUT2D eigenvalue weighted by Crippen LogP contribution is -2.06. The molecule has 0 fully saturated rings. The molecular formula is C10H11BrO3. The third-order valence-electron chi connectivity index (χ3n) is 2.15. The van der Waals surface area contributed by atoms with Crippen molar-refractivity contribution in [3.05, 3.63) is 27.2 Å². The Kier molecular flexibility index (Phi) is 3.16. The van der Waals surface area contributed by atoms with E-state index in [0.717, 1.165) is 21.2 Å². The SMILES string of the molecule is Cc1cc(Br)c(C)c(C)c1OC(=O)O. The van der Waals surface area contributed by atoms with Crippen LogP contribution in [0.4, 0.5) is 4.79 Å². The van der Waals surface area contributed by atoms with Gasteiger partial charge in [0.25, 0.3) is 0 Å². The lowest BCUT2D eigenvalue weighted by Gasteiger charge is -2.11. The van der Waals surface area contributed by atoms with Crippen LogP contribution in [-0.2, 0) is 0 Å². The molecule has 0 aliphatic heterocycles. The van der Waals surface area contributed by atoms with Crippen LogP contribution in [0.3, 0.4) is 0 Å². The number of carboxylic acid groups (broad SMARTS) is 1. The molecule has 0 heterocycles. The van der Waals surface area contributed by atoms with Crippen LogP contribution in [0.1, 0.15) is 16.7 Å². The van der Waals surface area contributed by atoms with Gasteiger partial charge >= 0.3 is 6.16 Å². The van der Waals surface area contributed by atoms with Crippen molar-refractivity contribution in [3.63, 3.8) is 0 Å². The molecule has 0 spiro atoms. The van der Waals surface area contributed by atoms with Gasteiger partial charge in [-0.15, -0.1) is 0 Å². The van der Waals surface area contributed by atoms with Crippen LogP contribution in [0, 0.1) is 20.8 Å². The lowest BCUT2D eigenvalue weighted by molar-refractivity contribution is 0.144. The molecule has 76 valence electrons. The molecule has 4 heteroatoms. The first kappa shape index (κ1) is 11.0. The van der Waals surface area contributed by atoms with E-state index in [4.69, 9.17) is 9.84 Å². The molecule has 0 saturated heterocycles. The Labute approximate surface area is 90.8 Å². The van der Waals surface area contributed by atoms with Crippen LogP contribution in [0.25, 0.3) is 0 Å². The molecule has 0 saturated carbocycles. The van der Waals surface area contributed by atoms with Gasteiger partial charge in [0, 0.05) is 4.47 Å². The molecule has 1 N–H and O–H groups in total. The molecule has 0 aromatic heterocycles. The summed E-state index contributed by atoms with van der Waals surface area (Å²) in [5.74, 6) is 0.429. The molecule has 14 heavy (non-hydrogen) atoms. The molecule has 0 aliphatic carbocycles. The Bertz CT molecular complexity index is 385. The highest BCUT2D eigenvalue weighted by Crippen LogP contribution is 2.31. The van der Waals surface area contributed by atoms with Gasteiger partial charge in [-0.2, -0.15) is 0 Å². The zero-order chi connectivity index (χ0) is 10.9. The van der Waals surface area contributed by atoms with E-state index in [1.165, 1.54) is 0 Å². The largest absolute Gasteiger partial charge is 0.511 e. The summed E-state index contributed by atoms with van der Waals surface area (Å²) in [6.45, 7) is 5.56. The minimum atomic E-state index is -1.28. The molecule has 0 atom stereocenters. The van der Waals surface area contributed by atoms with E-state index in [9.17, 15) is 4.79 Å². The van der Waals surface area contributed by atoms with Crippen LogP contribution in [0.5, 0.6) is 5.75 Å². The molecule has 1 aromatic rings. The Balaban J connectivity index is 3.29. The van der Waals surface area contributed by atoms with E-state index < -0.39 is 6.16 Å². The zero-order valence-corrected chi connectivity index (χ0v) is 9.81. The summed E-state index contributed by atoms with van der Waals surface area (Å²) in [5.41, 5.74) is 2.65. The van der Waals surface area contributed by atoms with Crippen molar-refractivity contribution in [2.24, 2.45) is 0 Å². The highest BCUT2D eigenvalue weighted by atomic mass is 79.9. The van der Waals surface area contributed by atoms with Gasteiger partial charge in [0.05, 0.1) is 0 Å². The third-order valence-corrected chi connectivity index (χ3v) is 2.98. The number of aryl methyl sites for hydroxylation is 1. The Morgan fingerprint density at radius 2 is 1.93 bits per heavy atom. The van der Waals surface area contributed by atoms with Crippen molar-refractivity contribution < 1.29 is 14.6 Å². The Morgan fingerprint density at radius 3 is 2.43 bits per heavy atom. The number of halogens is 1. The fourth-order valence-corrected chi connectivity index (χ4v) is 1.89. The Hall–Kier alpha value is -1.03. The molecule has 0 unspecified atom stereocenters. The second-order valence-corrected chi connectivity index (χ2v) is 3.98. The summed E-state index contributed by atoms with van der Waals surface area (Å²) >= 11 is 3.39. The first-order chi connectivity index (χ1) is 6.43. The standard InChI is InChI=1S/C10H11BrO3/c1-5-4-8(11)6(2)7(3)9(5)14-10(12)13/h4H,1-3H3,(H,12,13). The normalized spacial score (nSPS) is 10.0. The first-order valence-corrected chi connectivity index (χ1v) is 4.90. The van der Waals surface area contributed by atoms with Gasteiger partial charge in [-0.25, -0.2) is 4.79 Å². The van der Waals surface area contributed by atoms with Gasteiger partial charge in [0.2, 0.25) is 0 Å². The molecular weight excluding hydrogens is 248 g/mol. The predicted molar refractivity (Wildman–Crippen MR) is 57.0 cm³/mol. The van der Waals surface area contributed by atoms with E-state index >= 15 is 0 Å². The molecule has 1 rings (SSSR count). The van der Waals surface area contributed by atoms with Gasteiger partial charge in [-0.05, 0) is 43.5 Å². The van der Waals surface area contributed by atoms with E-state index in [2.05, 4.69) is 15.9 Å². The minimum absolute atomic E-state index is 0.429. The number of ether oxygens (including phenoxy) is 1. The maximum atomic E-state index is 10.4. The second kappa shape index (κ2) is 4.00. The van der Waals surface area contributed by atoms with Crippen molar-refractivity contribution in [2.45, 2.75) is 20.8 Å². The van der Waals surface area contributed by atoms with Gasteiger partial charge < -0.3 is 9.84 Å². The monoisotopic (exact) mass is 258 g/mol. The molecule has 0 aliphatic rings. The van der Waals surface area contributed by atoms with Gasteiger partial charge in [-0.3, -0.25) is 0 Å². The number of hydrogen-bond donors (Lipinski definition) is 1. The fourth-order valence-electron chi connectivity index (χ4n) is 1.25. The maximum absolute atomic E-state index is 10.4. The smallest absolute Gasteiger partial charge is 0.449 e. The topological polar surface area (TPSA) is 46.5 Å². The number of carbonyl (C=O) groups is 1. The third kappa shape index (κ3) is 2.07. The van der Waals surface area contributed by atoms with Gasteiger partial charge in [0.1, 0.15) is 5.75 Å². The van der Waals surface area contributed by atoms with Gasteiger partial charge in [-0.1, -0.05) is 15.9 Å². The number of benzene rings is 1. The average molecular weight is 259 g/mol. The molecule has 1 aromatic carbocycles. The average Bonchev–Trinajstić information content (AvgIpc) is 2.09. The van der Waals surface area contributed by atoms with Crippen molar-refractivity contribution in [1.82, 2.24) is 0 Å². The van der Waals surface area contributed by atoms with Gasteiger partial charge in [0.15, 0.2) is 0 Å². The molecule has 0 radical (unpaired) electrons. The van der Waals surface area contributed by atoms with E-state index in [1.807, 2.05) is 26.8 Å². The summed E-state index contributed by atoms with van der Waals surface area (Å²) in [7, 11) is 0. The summed E-state index contributed by atoms with van der Waals surface area (Å²) in [6, 6.07) is 1.85. The quantitative estimate of drug-likeness (QED) is 0.620. The molecule has 3 nitrogen and oxygen atoms in total. The fraction of sp³-hybridized carbons (Fsp3) is 0.300. The van der Waals surface area contributed by atoms with Crippen LogP contribution < -0.4 is 4.74 Å². The summed E-state index contributed by atoms with van der Waals surface area (Å²) in [4.78, 5) is 10.4. The van der Waals surface area contributed by atoms with Crippen LogP contribution >= 0.6 is 15.9 Å². The molecule has 0 amide bonds. The highest BCUT2D eigenvalue weighted by Gasteiger charge is 2.12. The number of hydrogen-bond acceptors (Lipinski definition) is 2. The van der Waals surface area contributed by atoms with Crippen molar-refractivity contribution in [3.8, 4) is 5.75 Å². The summed E-state index contributed by atoms with van der Waals surface area (Å²) in [6.07, 6.45) is -1.28. The predicted octanol–water partition coefficient (Wildman–Crippen LogP) is 3.43. The minimum Gasteiger partial charge on any atom is -0.449 e. The van der Waals surface area contributed by atoms with Crippen LogP contribution in [0.2, 0.25) is 0 Å². The Morgan fingerprint density at radius 1 is 1.36 bits per heavy atom. The van der Waals surface area contributed by atoms with Crippen molar-refractivity contribution in [2.75, 3.05) is 0 Å². The van der Waals surface area contributed by atoms with Crippen LogP contribution in [-0.4, -0.2) is 11.3 Å². The summed E-state index contributed by atoms with van der Waals surface area (Å²) < 4.78 is 5.67. The van der Waals surface area contributed by atoms with E-state index in [0.29, 0.717) is 5.75 Å². The second-order valence-electron chi connectivity index (χ2n) is 3.12. The van der Waals surface area contributed by atoms with Crippen LogP contribution in [0.15, 0.2) is 10.5 Å². The lowest BCUT2D eigenvalue weighted by atomic mass is 10.1. The maximum Gasteiger partial charge on any atom is 0.511 e. The van der Waals surface area contributed by atoms with Crippen molar-refractivity contribution >= 4 is 22.1 Å². The summed E-state index contributed by atoms with van der Waals surface area (Å²) in [5, 5.41) is 8.54. The van der Waals surface area contributed by atoms with E-state index in [1.54, 1.807) is 0 Å². The van der Waals surface area contributed by atoms with E-state index in [-0.39, 0.29) is 0 Å². The van der Waals surface area contributed by atoms with Crippen molar-refractivity contribution in [1.29, 1.82) is 0 Å². The molecule has 0 bridgehead atoms. The number of rotatable bonds is 1. The highest BCUT2D eigenvalue weighted by molar-refractivity contribution is 9.10. The zero-order valence-electron chi connectivity index (χ0n) is 8.22. The first-order valence-electron chi connectivity index (χ1n) is 4.10.